The quantitative estimate of drug-likeness (QED) is 0.541. The molecule has 0 saturated heterocycles. The van der Waals surface area contributed by atoms with Gasteiger partial charge in [-0.05, 0) is 44.2 Å². The Hall–Kier alpha value is -3.49. The molecule has 0 radical (unpaired) electrons. The molecule has 0 atom stereocenters. The first-order valence-corrected chi connectivity index (χ1v) is 9.20. The van der Waals surface area contributed by atoms with Crippen molar-refractivity contribution in [3.63, 3.8) is 0 Å². The van der Waals surface area contributed by atoms with Crippen LogP contribution in [0.4, 0.5) is 8.78 Å². The average Bonchev–Trinajstić information content (AvgIpc) is 3.20. The number of ether oxygens (including phenoxy) is 2. The van der Waals surface area contributed by atoms with Gasteiger partial charge in [0.05, 0.1) is 13.7 Å². The minimum absolute atomic E-state index is 0.0361. The van der Waals surface area contributed by atoms with E-state index in [1.165, 1.54) is 30.2 Å². The van der Waals surface area contributed by atoms with Crippen LogP contribution < -0.4 is 9.47 Å². The smallest absolute Gasteiger partial charge is 0.387 e. The molecule has 1 aromatic heterocycles. The van der Waals surface area contributed by atoms with Crippen LogP contribution in [0, 0.1) is 0 Å². The van der Waals surface area contributed by atoms with Gasteiger partial charge >= 0.3 is 6.61 Å². The van der Waals surface area contributed by atoms with Crippen LogP contribution in [0.15, 0.2) is 52.9 Å². The number of hydrogen-bond donors (Lipinski definition) is 0. The fraction of sp³-hybridized carbons (Fsp3) is 0.286. The molecule has 3 aromatic rings. The van der Waals surface area contributed by atoms with Crippen LogP contribution in [0.1, 0.15) is 30.1 Å². The molecule has 0 aliphatic rings. The third-order valence-corrected chi connectivity index (χ3v) is 4.30. The maximum atomic E-state index is 13.1. The highest BCUT2D eigenvalue weighted by Crippen LogP contribution is 2.30. The highest BCUT2D eigenvalue weighted by molar-refractivity contribution is 5.95. The molecule has 0 spiro atoms. The Morgan fingerprint density at radius 2 is 1.83 bits per heavy atom. The highest BCUT2D eigenvalue weighted by atomic mass is 19.3. The van der Waals surface area contributed by atoms with Crippen molar-refractivity contribution in [3.8, 4) is 23.0 Å². The van der Waals surface area contributed by atoms with Crippen molar-refractivity contribution in [3.05, 3.63) is 60.0 Å². The van der Waals surface area contributed by atoms with Gasteiger partial charge in [0.15, 0.2) is 11.5 Å². The van der Waals surface area contributed by atoms with Crippen LogP contribution >= 0.6 is 0 Å². The zero-order valence-electron chi connectivity index (χ0n) is 16.7. The Morgan fingerprint density at radius 3 is 2.47 bits per heavy atom. The van der Waals surface area contributed by atoms with Crippen molar-refractivity contribution in [2.75, 3.05) is 7.11 Å². The molecule has 1 heterocycles. The van der Waals surface area contributed by atoms with Crippen LogP contribution in [0.3, 0.4) is 0 Å². The molecule has 0 aliphatic carbocycles. The minimum atomic E-state index is -3.00. The molecule has 7 nitrogen and oxygen atoms in total. The van der Waals surface area contributed by atoms with Gasteiger partial charge in [0.1, 0.15) is 0 Å². The third kappa shape index (κ3) is 4.91. The molecular formula is C21H21F2N3O4. The van der Waals surface area contributed by atoms with Crippen LogP contribution in [-0.2, 0) is 6.54 Å². The number of amides is 1. The fourth-order valence-electron chi connectivity index (χ4n) is 2.81. The van der Waals surface area contributed by atoms with E-state index < -0.39 is 6.61 Å². The van der Waals surface area contributed by atoms with Crippen molar-refractivity contribution in [2.24, 2.45) is 0 Å². The first kappa shape index (κ1) is 21.2. The lowest BCUT2D eigenvalue weighted by Gasteiger charge is -2.25. The van der Waals surface area contributed by atoms with E-state index in [0.29, 0.717) is 5.89 Å². The largest absolute Gasteiger partial charge is 0.493 e. The van der Waals surface area contributed by atoms with Gasteiger partial charge < -0.3 is 18.8 Å². The number of nitrogens with zero attached hydrogens (tertiary/aromatic N) is 3. The lowest BCUT2D eigenvalue weighted by molar-refractivity contribution is -0.0512. The second-order valence-corrected chi connectivity index (χ2v) is 6.64. The maximum Gasteiger partial charge on any atom is 0.387 e. The van der Waals surface area contributed by atoms with E-state index >= 15 is 0 Å². The third-order valence-electron chi connectivity index (χ3n) is 4.30. The summed E-state index contributed by atoms with van der Waals surface area (Å²) in [6.45, 7) is 0.785. The van der Waals surface area contributed by atoms with Crippen LogP contribution in [0.25, 0.3) is 11.5 Å². The van der Waals surface area contributed by atoms with Crippen molar-refractivity contribution < 1.29 is 27.5 Å². The molecule has 0 N–H and O–H groups in total. The lowest BCUT2D eigenvalue weighted by atomic mass is 10.1. The summed E-state index contributed by atoms with van der Waals surface area (Å²) in [5.74, 6) is 0.183. The monoisotopic (exact) mass is 417 g/mol. The number of alkyl halides is 2. The van der Waals surface area contributed by atoms with Gasteiger partial charge in [0.2, 0.25) is 11.8 Å². The molecule has 2 aromatic carbocycles. The van der Waals surface area contributed by atoms with Gasteiger partial charge in [-0.3, -0.25) is 4.79 Å². The second-order valence-electron chi connectivity index (χ2n) is 6.64. The zero-order valence-corrected chi connectivity index (χ0v) is 16.7. The van der Waals surface area contributed by atoms with E-state index in [1.54, 1.807) is 0 Å². The summed E-state index contributed by atoms with van der Waals surface area (Å²) in [5.41, 5.74) is 1.03. The number of halogens is 2. The van der Waals surface area contributed by atoms with E-state index in [9.17, 15) is 13.6 Å². The van der Waals surface area contributed by atoms with Gasteiger partial charge in [-0.25, -0.2) is 0 Å². The topological polar surface area (TPSA) is 77.7 Å². The molecule has 3 rings (SSSR count). The lowest BCUT2D eigenvalue weighted by Crippen LogP contribution is -2.36. The predicted octanol–water partition coefficient (Wildman–Crippen LogP) is 4.40. The van der Waals surface area contributed by atoms with E-state index in [2.05, 4.69) is 14.9 Å². The standard InChI is InChI=1S/C21H21F2N3O4/c1-13(2)26(12-18-24-25-19(30-18)14-7-5-4-6-8-14)20(27)15-9-10-16(29-21(22)23)17(11-15)28-3/h4-11,13,21H,12H2,1-3H3. The Morgan fingerprint density at radius 1 is 1.10 bits per heavy atom. The SMILES string of the molecule is COc1cc(C(=O)N(Cc2nnc(-c3ccccc3)o2)C(C)C)ccc1OC(F)F. The first-order valence-electron chi connectivity index (χ1n) is 9.20. The average molecular weight is 417 g/mol. The number of rotatable bonds is 8. The maximum absolute atomic E-state index is 13.1. The summed E-state index contributed by atoms with van der Waals surface area (Å²) in [6, 6.07) is 13.1. The molecule has 9 heteroatoms. The van der Waals surface area contributed by atoms with Crippen LogP contribution in [0.5, 0.6) is 11.5 Å². The number of aromatic nitrogens is 2. The first-order chi connectivity index (χ1) is 14.4. The summed E-state index contributed by atoms with van der Waals surface area (Å²) in [6.07, 6.45) is 0. The highest BCUT2D eigenvalue weighted by Gasteiger charge is 2.23. The molecule has 30 heavy (non-hydrogen) atoms. The second kappa shape index (κ2) is 9.34. The number of benzene rings is 2. The number of methoxy groups -OCH3 is 1. The number of hydrogen-bond acceptors (Lipinski definition) is 6. The Bertz CT molecular complexity index is 993. The van der Waals surface area contributed by atoms with E-state index in [1.807, 2.05) is 44.2 Å². The summed E-state index contributed by atoms with van der Waals surface area (Å²) in [7, 11) is 1.31. The summed E-state index contributed by atoms with van der Waals surface area (Å²) in [5, 5.41) is 8.07. The fourth-order valence-corrected chi connectivity index (χ4v) is 2.81. The van der Waals surface area contributed by atoms with Gasteiger partial charge in [0, 0.05) is 17.2 Å². The number of carbonyl (C=O) groups excluding carboxylic acids is 1. The molecular weight excluding hydrogens is 396 g/mol. The zero-order chi connectivity index (χ0) is 21.7. The molecule has 158 valence electrons. The molecule has 0 aliphatic heterocycles. The number of carbonyl (C=O) groups is 1. The van der Waals surface area contributed by atoms with E-state index in [0.717, 1.165) is 5.56 Å². The Labute approximate surface area is 172 Å². The van der Waals surface area contributed by atoms with E-state index in [4.69, 9.17) is 9.15 Å². The minimum Gasteiger partial charge on any atom is -0.493 e. The Kier molecular flexibility index (Phi) is 6.61. The Balaban J connectivity index is 1.81. The molecule has 1 amide bonds. The summed E-state index contributed by atoms with van der Waals surface area (Å²) >= 11 is 0. The van der Waals surface area contributed by atoms with Crippen molar-refractivity contribution in [1.82, 2.24) is 15.1 Å². The summed E-state index contributed by atoms with van der Waals surface area (Å²) in [4.78, 5) is 14.6. The van der Waals surface area contributed by atoms with Gasteiger partial charge in [-0.2, -0.15) is 8.78 Å². The van der Waals surface area contributed by atoms with Crippen LogP contribution in [-0.4, -0.2) is 40.8 Å². The molecule has 0 bridgehead atoms. The normalized spacial score (nSPS) is 11.0. The molecule has 0 unspecified atom stereocenters. The van der Waals surface area contributed by atoms with Gasteiger partial charge in [0.25, 0.3) is 5.91 Å². The summed E-state index contributed by atoms with van der Waals surface area (Å²) < 4.78 is 40.2. The van der Waals surface area contributed by atoms with Gasteiger partial charge in [-0.15, -0.1) is 10.2 Å². The predicted molar refractivity (Wildman–Crippen MR) is 104 cm³/mol. The van der Waals surface area contributed by atoms with Crippen LogP contribution in [0.2, 0.25) is 0 Å². The molecule has 0 saturated carbocycles. The van der Waals surface area contributed by atoms with E-state index in [-0.39, 0.29) is 41.4 Å². The molecule has 0 fully saturated rings. The van der Waals surface area contributed by atoms with Crippen molar-refractivity contribution in [1.29, 1.82) is 0 Å². The van der Waals surface area contributed by atoms with Crippen molar-refractivity contribution in [2.45, 2.75) is 33.0 Å². The van der Waals surface area contributed by atoms with Gasteiger partial charge in [-0.1, -0.05) is 18.2 Å². The van der Waals surface area contributed by atoms with Crippen molar-refractivity contribution >= 4 is 5.91 Å².